The van der Waals surface area contributed by atoms with Crippen LogP contribution in [-0.4, -0.2) is 18.5 Å². The molecule has 1 unspecified atom stereocenters. The van der Waals surface area contributed by atoms with Crippen LogP contribution in [0.25, 0.3) is 0 Å². The number of benzene rings is 1. The first-order chi connectivity index (χ1) is 9.11. The number of halogens is 2. The smallest absolute Gasteiger partial charge is 0.129 e. The summed E-state index contributed by atoms with van der Waals surface area (Å²) in [6, 6.07) is 6.64. The number of hydrogen-bond acceptors (Lipinski definition) is 3. The quantitative estimate of drug-likeness (QED) is 0.912. The molecular formula is C14H16ClFN2S. The third kappa shape index (κ3) is 3.54. The average molecular weight is 299 g/mol. The summed E-state index contributed by atoms with van der Waals surface area (Å²) in [5.41, 5.74) is 7.60. The molecule has 0 aliphatic carbocycles. The summed E-state index contributed by atoms with van der Waals surface area (Å²) < 4.78 is 14.0. The van der Waals surface area contributed by atoms with Gasteiger partial charge in [0.15, 0.2) is 0 Å². The predicted molar refractivity (Wildman–Crippen MR) is 79.0 cm³/mol. The van der Waals surface area contributed by atoms with E-state index in [2.05, 4.69) is 11.4 Å². The van der Waals surface area contributed by atoms with Crippen molar-refractivity contribution in [2.45, 2.75) is 12.6 Å². The fourth-order valence-electron chi connectivity index (χ4n) is 2.10. The summed E-state index contributed by atoms with van der Waals surface area (Å²) in [6.07, 6.45) is 0. The molecule has 1 heterocycles. The molecule has 0 aliphatic heterocycles. The minimum Gasteiger partial charge on any atom is -0.329 e. The maximum Gasteiger partial charge on any atom is 0.129 e. The van der Waals surface area contributed by atoms with Gasteiger partial charge in [0.25, 0.3) is 0 Å². The van der Waals surface area contributed by atoms with Crippen LogP contribution in [0.1, 0.15) is 17.2 Å². The van der Waals surface area contributed by atoms with E-state index in [-0.39, 0.29) is 11.9 Å². The molecule has 0 aliphatic rings. The molecule has 0 amide bonds. The lowest BCUT2D eigenvalue weighted by Crippen LogP contribution is -2.30. The molecule has 0 saturated heterocycles. The molecule has 2 aromatic rings. The molecule has 5 heteroatoms. The SMILES string of the molecule is CN(Cc1ccsc1)C(CN)c1ccc(Cl)cc1F. The first-order valence-corrected chi connectivity index (χ1v) is 7.30. The predicted octanol–water partition coefficient (Wildman–Crippen LogP) is 3.67. The van der Waals surface area contributed by atoms with E-state index < -0.39 is 0 Å². The van der Waals surface area contributed by atoms with Crippen molar-refractivity contribution in [2.75, 3.05) is 13.6 Å². The van der Waals surface area contributed by atoms with Crippen LogP contribution in [0.5, 0.6) is 0 Å². The van der Waals surface area contributed by atoms with Crippen LogP contribution in [0.2, 0.25) is 5.02 Å². The summed E-state index contributed by atoms with van der Waals surface area (Å²) in [5, 5.41) is 4.52. The highest BCUT2D eigenvalue weighted by Gasteiger charge is 2.19. The van der Waals surface area contributed by atoms with Gasteiger partial charge < -0.3 is 5.73 Å². The maximum atomic E-state index is 14.0. The van der Waals surface area contributed by atoms with E-state index in [1.54, 1.807) is 23.5 Å². The molecular weight excluding hydrogens is 283 g/mol. The van der Waals surface area contributed by atoms with E-state index in [9.17, 15) is 4.39 Å². The van der Waals surface area contributed by atoms with Crippen LogP contribution in [0.4, 0.5) is 4.39 Å². The van der Waals surface area contributed by atoms with Crippen molar-refractivity contribution in [3.05, 3.63) is 57.0 Å². The van der Waals surface area contributed by atoms with Gasteiger partial charge in [0.1, 0.15) is 5.82 Å². The normalized spacial score (nSPS) is 12.9. The Bertz CT molecular complexity index is 530. The molecule has 1 aromatic heterocycles. The number of nitrogens with zero attached hydrogens (tertiary/aromatic N) is 1. The van der Waals surface area contributed by atoms with Crippen LogP contribution in [0.15, 0.2) is 35.0 Å². The van der Waals surface area contributed by atoms with Crippen molar-refractivity contribution in [2.24, 2.45) is 5.73 Å². The third-order valence-corrected chi connectivity index (χ3v) is 4.06. The fourth-order valence-corrected chi connectivity index (χ4v) is 2.92. The Morgan fingerprint density at radius 3 is 2.79 bits per heavy atom. The molecule has 0 fully saturated rings. The minimum absolute atomic E-state index is 0.155. The van der Waals surface area contributed by atoms with Crippen LogP contribution in [0, 0.1) is 5.82 Å². The zero-order chi connectivity index (χ0) is 13.8. The summed E-state index contributed by atoms with van der Waals surface area (Å²) >= 11 is 7.43. The Balaban J connectivity index is 2.18. The second-order valence-corrected chi connectivity index (χ2v) is 5.68. The topological polar surface area (TPSA) is 29.3 Å². The molecule has 2 N–H and O–H groups in total. The van der Waals surface area contributed by atoms with Crippen LogP contribution in [-0.2, 0) is 6.54 Å². The van der Waals surface area contributed by atoms with Crippen molar-refractivity contribution in [3.8, 4) is 0 Å². The Morgan fingerprint density at radius 1 is 1.42 bits per heavy atom. The van der Waals surface area contributed by atoms with Crippen molar-refractivity contribution < 1.29 is 4.39 Å². The monoisotopic (exact) mass is 298 g/mol. The van der Waals surface area contributed by atoms with E-state index >= 15 is 0 Å². The van der Waals surface area contributed by atoms with Gasteiger partial charge in [0, 0.05) is 29.7 Å². The molecule has 2 rings (SSSR count). The summed E-state index contributed by atoms with van der Waals surface area (Å²) in [4.78, 5) is 2.05. The minimum atomic E-state index is -0.305. The number of nitrogens with two attached hydrogens (primary N) is 1. The highest BCUT2D eigenvalue weighted by atomic mass is 35.5. The first kappa shape index (κ1) is 14.5. The Hall–Kier alpha value is -0.940. The third-order valence-electron chi connectivity index (χ3n) is 3.09. The first-order valence-electron chi connectivity index (χ1n) is 5.98. The van der Waals surface area contributed by atoms with Crippen LogP contribution >= 0.6 is 22.9 Å². The second kappa shape index (κ2) is 6.48. The van der Waals surface area contributed by atoms with E-state index in [0.29, 0.717) is 17.1 Å². The van der Waals surface area contributed by atoms with Gasteiger partial charge in [-0.25, -0.2) is 4.39 Å². The Labute approximate surface area is 121 Å². The van der Waals surface area contributed by atoms with Crippen molar-refractivity contribution in [3.63, 3.8) is 0 Å². The molecule has 102 valence electrons. The average Bonchev–Trinajstić information content (AvgIpc) is 2.85. The number of likely N-dealkylation sites (N-methyl/N-ethyl adjacent to an activating group) is 1. The molecule has 1 aromatic carbocycles. The molecule has 0 bridgehead atoms. The van der Waals surface area contributed by atoms with Gasteiger partial charge in [-0.15, -0.1) is 0 Å². The summed E-state index contributed by atoms with van der Waals surface area (Å²) in [6.45, 7) is 1.10. The van der Waals surface area contributed by atoms with Gasteiger partial charge in [-0.1, -0.05) is 17.7 Å². The van der Waals surface area contributed by atoms with Gasteiger partial charge in [-0.05, 0) is 41.6 Å². The van der Waals surface area contributed by atoms with Gasteiger partial charge in [0.05, 0.1) is 0 Å². The number of rotatable bonds is 5. The highest BCUT2D eigenvalue weighted by molar-refractivity contribution is 7.07. The molecule has 2 nitrogen and oxygen atoms in total. The van der Waals surface area contributed by atoms with E-state index in [1.165, 1.54) is 11.6 Å². The fraction of sp³-hybridized carbons (Fsp3) is 0.286. The number of thiophene rings is 1. The maximum absolute atomic E-state index is 14.0. The lowest BCUT2D eigenvalue weighted by atomic mass is 10.0. The molecule has 1 atom stereocenters. The zero-order valence-electron chi connectivity index (χ0n) is 10.6. The highest BCUT2D eigenvalue weighted by Crippen LogP contribution is 2.25. The molecule has 0 spiro atoms. The lowest BCUT2D eigenvalue weighted by Gasteiger charge is -2.27. The molecule has 0 saturated carbocycles. The molecule has 19 heavy (non-hydrogen) atoms. The van der Waals surface area contributed by atoms with Crippen LogP contribution in [0.3, 0.4) is 0 Å². The summed E-state index contributed by atoms with van der Waals surface area (Å²) in [5.74, 6) is -0.305. The summed E-state index contributed by atoms with van der Waals surface area (Å²) in [7, 11) is 1.95. The lowest BCUT2D eigenvalue weighted by molar-refractivity contribution is 0.237. The van der Waals surface area contributed by atoms with Gasteiger partial charge in [0.2, 0.25) is 0 Å². The van der Waals surface area contributed by atoms with Gasteiger partial charge in [-0.3, -0.25) is 4.90 Å². The molecule has 0 radical (unpaired) electrons. The largest absolute Gasteiger partial charge is 0.329 e. The van der Waals surface area contributed by atoms with E-state index in [4.69, 9.17) is 17.3 Å². The van der Waals surface area contributed by atoms with Crippen molar-refractivity contribution >= 4 is 22.9 Å². The van der Waals surface area contributed by atoms with Gasteiger partial charge >= 0.3 is 0 Å². The Morgan fingerprint density at radius 2 is 2.21 bits per heavy atom. The van der Waals surface area contributed by atoms with E-state index in [1.807, 2.05) is 17.3 Å². The number of hydrogen-bond donors (Lipinski definition) is 1. The van der Waals surface area contributed by atoms with Gasteiger partial charge in [-0.2, -0.15) is 11.3 Å². The van der Waals surface area contributed by atoms with E-state index in [0.717, 1.165) is 6.54 Å². The van der Waals surface area contributed by atoms with Crippen LogP contribution < -0.4 is 5.73 Å². The Kier molecular flexibility index (Phi) is 4.93. The van der Waals surface area contributed by atoms with Crippen molar-refractivity contribution in [1.82, 2.24) is 4.90 Å². The standard InChI is InChI=1S/C14H16ClFN2S/c1-18(8-10-4-5-19-9-10)14(7-17)12-3-2-11(15)6-13(12)16/h2-6,9,14H,7-8,17H2,1H3. The van der Waals surface area contributed by atoms with Crippen molar-refractivity contribution in [1.29, 1.82) is 0 Å². The second-order valence-electron chi connectivity index (χ2n) is 4.46. The zero-order valence-corrected chi connectivity index (χ0v) is 12.2.